The van der Waals surface area contributed by atoms with Crippen LogP contribution < -0.4 is 10.6 Å². The molecule has 0 aliphatic rings. The maximum absolute atomic E-state index is 9.14. The highest BCUT2D eigenvalue weighted by Gasteiger charge is 2.08. The zero-order chi connectivity index (χ0) is 16.8. The number of rotatable bonds is 5. The molecule has 6 heteroatoms. The van der Waals surface area contributed by atoms with E-state index in [4.69, 9.17) is 5.26 Å². The van der Waals surface area contributed by atoms with Crippen LogP contribution in [0.1, 0.15) is 24.1 Å². The fraction of sp³-hybridized carbons (Fsp3) is 0.111. The standard InChI is InChI=1S/C18H16N6/c1-13(14-7-3-2-4-8-14)21-17-12-20-24-18(23-17)22-16-10-6-5-9-15(16)11-19/h2-10,12-13H,1H3,(H2,21,22,23,24). The second-order valence-corrected chi connectivity index (χ2v) is 5.22. The molecule has 3 rings (SSSR count). The summed E-state index contributed by atoms with van der Waals surface area (Å²) in [6, 6.07) is 19.5. The summed E-state index contributed by atoms with van der Waals surface area (Å²) >= 11 is 0. The maximum Gasteiger partial charge on any atom is 0.249 e. The average Bonchev–Trinajstić information content (AvgIpc) is 2.63. The molecule has 118 valence electrons. The van der Waals surface area contributed by atoms with E-state index in [-0.39, 0.29) is 6.04 Å². The quantitative estimate of drug-likeness (QED) is 0.747. The summed E-state index contributed by atoms with van der Waals surface area (Å²) < 4.78 is 0. The predicted molar refractivity (Wildman–Crippen MR) is 92.7 cm³/mol. The van der Waals surface area contributed by atoms with Crippen molar-refractivity contribution in [1.29, 1.82) is 5.26 Å². The Morgan fingerprint density at radius 2 is 1.79 bits per heavy atom. The molecule has 0 bridgehead atoms. The highest BCUT2D eigenvalue weighted by molar-refractivity contribution is 5.63. The van der Waals surface area contributed by atoms with Crippen molar-refractivity contribution in [1.82, 2.24) is 15.2 Å². The Bertz CT molecular complexity index is 857. The van der Waals surface area contributed by atoms with Gasteiger partial charge >= 0.3 is 0 Å². The lowest BCUT2D eigenvalue weighted by Crippen LogP contribution is -2.10. The Kier molecular flexibility index (Phi) is 4.63. The fourth-order valence-corrected chi connectivity index (χ4v) is 2.28. The average molecular weight is 316 g/mol. The second-order valence-electron chi connectivity index (χ2n) is 5.22. The molecule has 0 saturated heterocycles. The Morgan fingerprint density at radius 1 is 1.04 bits per heavy atom. The Hall–Kier alpha value is -3.46. The number of nitriles is 1. The Morgan fingerprint density at radius 3 is 2.58 bits per heavy atom. The molecule has 0 radical (unpaired) electrons. The molecule has 24 heavy (non-hydrogen) atoms. The lowest BCUT2D eigenvalue weighted by molar-refractivity contribution is 0.861. The molecule has 0 fully saturated rings. The minimum absolute atomic E-state index is 0.0853. The molecule has 1 unspecified atom stereocenters. The maximum atomic E-state index is 9.14. The molecule has 3 aromatic rings. The lowest BCUT2D eigenvalue weighted by atomic mass is 10.1. The van der Waals surface area contributed by atoms with Gasteiger partial charge in [0.15, 0.2) is 5.82 Å². The largest absolute Gasteiger partial charge is 0.362 e. The molecule has 2 N–H and O–H groups in total. The van der Waals surface area contributed by atoms with Crippen molar-refractivity contribution in [2.75, 3.05) is 10.6 Å². The minimum Gasteiger partial charge on any atom is -0.362 e. The fourth-order valence-electron chi connectivity index (χ4n) is 2.28. The summed E-state index contributed by atoms with van der Waals surface area (Å²) in [4.78, 5) is 4.40. The third-order valence-electron chi connectivity index (χ3n) is 3.52. The van der Waals surface area contributed by atoms with Crippen LogP contribution in [-0.4, -0.2) is 15.2 Å². The number of benzene rings is 2. The van der Waals surface area contributed by atoms with Crippen LogP contribution >= 0.6 is 0 Å². The summed E-state index contributed by atoms with van der Waals surface area (Å²) in [6.07, 6.45) is 1.57. The van der Waals surface area contributed by atoms with Gasteiger partial charge in [0.2, 0.25) is 5.95 Å². The number of nitrogens with one attached hydrogen (secondary N) is 2. The molecule has 1 aromatic heterocycles. The highest BCUT2D eigenvalue weighted by Crippen LogP contribution is 2.20. The molecule has 0 aliphatic carbocycles. The van der Waals surface area contributed by atoms with Crippen LogP contribution in [0.3, 0.4) is 0 Å². The van der Waals surface area contributed by atoms with Crippen LogP contribution in [0.2, 0.25) is 0 Å². The monoisotopic (exact) mass is 316 g/mol. The number of para-hydroxylation sites is 1. The van der Waals surface area contributed by atoms with Crippen molar-refractivity contribution >= 4 is 17.5 Å². The van der Waals surface area contributed by atoms with Crippen LogP contribution in [-0.2, 0) is 0 Å². The first-order chi connectivity index (χ1) is 11.8. The van der Waals surface area contributed by atoms with Gasteiger partial charge in [-0.05, 0) is 24.6 Å². The molecule has 0 amide bonds. The van der Waals surface area contributed by atoms with Gasteiger partial charge in [-0.15, -0.1) is 5.10 Å². The molecular formula is C18H16N6. The van der Waals surface area contributed by atoms with Gasteiger partial charge in [-0.1, -0.05) is 42.5 Å². The van der Waals surface area contributed by atoms with Gasteiger partial charge in [0.05, 0.1) is 17.4 Å². The first-order valence-electron chi connectivity index (χ1n) is 7.53. The lowest BCUT2D eigenvalue weighted by Gasteiger charge is -2.15. The SMILES string of the molecule is CC(Nc1cnnc(Nc2ccccc2C#N)n1)c1ccccc1. The number of anilines is 3. The van der Waals surface area contributed by atoms with E-state index < -0.39 is 0 Å². The third kappa shape index (κ3) is 3.65. The summed E-state index contributed by atoms with van der Waals surface area (Å²) in [6.45, 7) is 2.05. The van der Waals surface area contributed by atoms with Crippen LogP contribution in [0, 0.1) is 11.3 Å². The van der Waals surface area contributed by atoms with Gasteiger partial charge in [-0.25, -0.2) is 0 Å². The molecule has 6 nitrogen and oxygen atoms in total. The van der Waals surface area contributed by atoms with Crippen molar-refractivity contribution in [3.05, 3.63) is 71.9 Å². The van der Waals surface area contributed by atoms with E-state index in [2.05, 4.69) is 50.9 Å². The van der Waals surface area contributed by atoms with Crippen LogP contribution in [0.4, 0.5) is 17.5 Å². The Labute approximate surface area is 140 Å². The topological polar surface area (TPSA) is 86.5 Å². The van der Waals surface area contributed by atoms with E-state index in [1.54, 1.807) is 18.3 Å². The van der Waals surface area contributed by atoms with Crippen molar-refractivity contribution in [3.8, 4) is 6.07 Å². The number of hydrogen-bond donors (Lipinski definition) is 2. The zero-order valence-electron chi connectivity index (χ0n) is 13.1. The number of hydrogen-bond acceptors (Lipinski definition) is 6. The molecule has 0 spiro atoms. The smallest absolute Gasteiger partial charge is 0.249 e. The molecule has 1 atom stereocenters. The van der Waals surface area contributed by atoms with Crippen molar-refractivity contribution < 1.29 is 0 Å². The van der Waals surface area contributed by atoms with Crippen LogP contribution in [0.15, 0.2) is 60.8 Å². The van der Waals surface area contributed by atoms with Crippen molar-refractivity contribution in [2.24, 2.45) is 0 Å². The van der Waals surface area contributed by atoms with E-state index in [9.17, 15) is 0 Å². The third-order valence-corrected chi connectivity index (χ3v) is 3.52. The van der Waals surface area contributed by atoms with Gasteiger partial charge in [0, 0.05) is 6.04 Å². The van der Waals surface area contributed by atoms with Crippen LogP contribution in [0.25, 0.3) is 0 Å². The van der Waals surface area contributed by atoms with Gasteiger partial charge < -0.3 is 10.6 Å². The summed E-state index contributed by atoms with van der Waals surface area (Å²) in [5.41, 5.74) is 2.33. The Balaban J connectivity index is 1.76. The van der Waals surface area contributed by atoms with Gasteiger partial charge in [0.1, 0.15) is 6.07 Å². The van der Waals surface area contributed by atoms with E-state index >= 15 is 0 Å². The predicted octanol–water partition coefficient (Wildman–Crippen LogP) is 3.66. The zero-order valence-corrected chi connectivity index (χ0v) is 13.1. The first kappa shape index (κ1) is 15.4. The summed E-state index contributed by atoms with van der Waals surface area (Å²) in [5, 5.41) is 23.4. The summed E-state index contributed by atoms with van der Waals surface area (Å²) in [7, 11) is 0. The van der Waals surface area contributed by atoms with E-state index in [1.165, 1.54) is 0 Å². The number of aromatic nitrogens is 3. The van der Waals surface area contributed by atoms with Crippen molar-refractivity contribution in [2.45, 2.75) is 13.0 Å². The number of nitrogens with zero attached hydrogens (tertiary/aromatic N) is 4. The van der Waals surface area contributed by atoms with Gasteiger partial charge in [-0.2, -0.15) is 15.3 Å². The molecule has 0 aliphatic heterocycles. The van der Waals surface area contributed by atoms with Gasteiger partial charge in [0.25, 0.3) is 0 Å². The normalized spacial score (nSPS) is 11.3. The van der Waals surface area contributed by atoms with Crippen molar-refractivity contribution in [3.63, 3.8) is 0 Å². The first-order valence-corrected chi connectivity index (χ1v) is 7.53. The second kappa shape index (κ2) is 7.20. The van der Waals surface area contributed by atoms with E-state index in [0.29, 0.717) is 23.0 Å². The van der Waals surface area contributed by atoms with E-state index in [0.717, 1.165) is 5.56 Å². The summed E-state index contributed by atoms with van der Waals surface area (Å²) in [5.74, 6) is 0.946. The molecular weight excluding hydrogens is 300 g/mol. The van der Waals surface area contributed by atoms with Crippen LogP contribution in [0.5, 0.6) is 0 Å². The van der Waals surface area contributed by atoms with E-state index in [1.807, 2.05) is 30.3 Å². The van der Waals surface area contributed by atoms with Gasteiger partial charge in [-0.3, -0.25) is 0 Å². The molecule has 1 heterocycles. The molecule has 2 aromatic carbocycles. The highest BCUT2D eigenvalue weighted by atomic mass is 15.3. The molecule has 0 saturated carbocycles. The minimum atomic E-state index is 0.0853.